The monoisotopic (exact) mass is 273 g/mol. The van der Waals surface area contributed by atoms with Crippen LogP contribution in [0.1, 0.15) is 31.2 Å². The first-order chi connectivity index (χ1) is 9.83. The van der Waals surface area contributed by atoms with Gasteiger partial charge in [0.15, 0.2) is 5.78 Å². The zero-order chi connectivity index (χ0) is 13.8. The number of ketones is 1. The van der Waals surface area contributed by atoms with E-state index in [0.717, 1.165) is 32.5 Å². The SMILES string of the molecule is O=C(C1CCCC1)C1CN(Cc2ccccc2)CCO1. The number of carbonyl (C=O) groups is 1. The molecule has 1 unspecified atom stereocenters. The van der Waals surface area contributed by atoms with E-state index in [1.807, 2.05) is 6.07 Å². The van der Waals surface area contributed by atoms with E-state index in [2.05, 4.69) is 29.2 Å². The Labute approximate surface area is 120 Å². The van der Waals surface area contributed by atoms with Crippen LogP contribution in [0.25, 0.3) is 0 Å². The van der Waals surface area contributed by atoms with Gasteiger partial charge in [0.1, 0.15) is 6.10 Å². The number of morpholine rings is 1. The summed E-state index contributed by atoms with van der Waals surface area (Å²) in [7, 11) is 0. The first kappa shape index (κ1) is 13.8. The van der Waals surface area contributed by atoms with Gasteiger partial charge in [-0.05, 0) is 18.4 Å². The first-order valence-corrected chi connectivity index (χ1v) is 7.74. The van der Waals surface area contributed by atoms with Crippen molar-refractivity contribution in [2.45, 2.75) is 38.3 Å². The van der Waals surface area contributed by atoms with Crippen molar-refractivity contribution in [1.29, 1.82) is 0 Å². The van der Waals surface area contributed by atoms with E-state index >= 15 is 0 Å². The van der Waals surface area contributed by atoms with E-state index in [1.165, 1.54) is 18.4 Å². The van der Waals surface area contributed by atoms with Gasteiger partial charge in [0.2, 0.25) is 0 Å². The summed E-state index contributed by atoms with van der Waals surface area (Å²) in [6.07, 6.45) is 4.35. The fourth-order valence-electron chi connectivity index (χ4n) is 3.33. The second-order valence-corrected chi connectivity index (χ2v) is 5.96. The van der Waals surface area contributed by atoms with Gasteiger partial charge in [-0.3, -0.25) is 9.69 Å². The van der Waals surface area contributed by atoms with Crippen LogP contribution < -0.4 is 0 Å². The van der Waals surface area contributed by atoms with E-state index in [9.17, 15) is 4.79 Å². The van der Waals surface area contributed by atoms with Crippen LogP contribution in [-0.4, -0.2) is 36.5 Å². The van der Waals surface area contributed by atoms with E-state index < -0.39 is 0 Å². The molecule has 0 bridgehead atoms. The van der Waals surface area contributed by atoms with Crippen molar-refractivity contribution in [3.8, 4) is 0 Å². The second kappa shape index (κ2) is 6.51. The molecule has 3 heteroatoms. The van der Waals surface area contributed by atoms with Gasteiger partial charge in [0.25, 0.3) is 0 Å². The van der Waals surface area contributed by atoms with Gasteiger partial charge in [-0.1, -0.05) is 43.2 Å². The lowest BCUT2D eigenvalue weighted by molar-refractivity contribution is -0.140. The van der Waals surface area contributed by atoms with E-state index in [1.54, 1.807) is 0 Å². The van der Waals surface area contributed by atoms with Crippen molar-refractivity contribution in [2.75, 3.05) is 19.7 Å². The summed E-state index contributed by atoms with van der Waals surface area (Å²) in [4.78, 5) is 14.8. The molecule has 1 aromatic carbocycles. The number of hydrogen-bond donors (Lipinski definition) is 0. The van der Waals surface area contributed by atoms with Gasteiger partial charge in [-0.25, -0.2) is 0 Å². The molecule has 0 N–H and O–H groups in total. The molecule has 1 saturated heterocycles. The molecule has 2 fully saturated rings. The smallest absolute Gasteiger partial charge is 0.165 e. The summed E-state index contributed by atoms with van der Waals surface area (Å²) in [6.45, 7) is 3.27. The Kier molecular flexibility index (Phi) is 4.48. The van der Waals surface area contributed by atoms with Crippen molar-refractivity contribution in [2.24, 2.45) is 5.92 Å². The average molecular weight is 273 g/mol. The zero-order valence-corrected chi connectivity index (χ0v) is 12.0. The third kappa shape index (κ3) is 3.28. The van der Waals surface area contributed by atoms with Crippen molar-refractivity contribution in [3.63, 3.8) is 0 Å². The molecule has 2 aliphatic rings. The number of hydrogen-bond acceptors (Lipinski definition) is 3. The molecule has 3 nitrogen and oxygen atoms in total. The minimum Gasteiger partial charge on any atom is -0.368 e. The molecule has 1 aromatic rings. The Balaban J connectivity index is 1.57. The minimum absolute atomic E-state index is 0.199. The number of rotatable bonds is 4. The highest BCUT2D eigenvalue weighted by Crippen LogP contribution is 2.28. The normalized spacial score (nSPS) is 24.9. The lowest BCUT2D eigenvalue weighted by Crippen LogP contribution is -2.47. The predicted molar refractivity (Wildman–Crippen MR) is 78.4 cm³/mol. The molecule has 1 aliphatic heterocycles. The molecule has 0 aromatic heterocycles. The van der Waals surface area contributed by atoms with Crippen LogP contribution in [0.4, 0.5) is 0 Å². The van der Waals surface area contributed by atoms with Crippen LogP contribution in [0.5, 0.6) is 0 Å². The Morgan fingerprint density at radius 3 is 2.70 bits per heavy atom. The number of benzene rings is 1. The largest absolute Gasteiger partial charge is 0.368 e. The third-order valence-corrected chi connectivity index (χ3v) is 4.47. The van der Waals surface area contributed by atoms with E-state index in [0.29, 0.717) is 12.4 Å². The van der Waals surface area contributed by atoms with Crippen LogP contribution in [0.15, 0.2) is 30.3 Å². The Bertz CT molecular complexity index is 440. The maximum absolute atomic E-state index is 12.4. The Morgan fingerprint density at radius 2 is 1.95 bits per heavy atom. The molecule has 0 amide bonds. The molecular formula is C17H23NO2. The van der Waals surface area contributed by atoms with Crippen molar-refractivity contribution < 1.29 is 9.53 Å². The minimum atomic E-state index is -0.199. The number of carbonyl (C=O) groups excluding carboxylic acids is 1. The van der Waals surface area contributed by atoms with Gasteiger partial charge in [0, 0.05) is 25.6 Å². The van der Waals surface area contributed by atoms with E-state index in [-0.39, 0.29) is 12.0 Å². The third-order valence-electron chi connectivity index (χ3n) is 4.47. The quantitative estimate of drug-likeness (QED) is 0.844. The number of ether oxygens (including phenoxy) is 1. The molecule has 20 heavy (non-hydrogen) atoms. The fourth-order valence-corrected chi connectivity index (χ4v) is 3.33. The number of Topliss-reactive ketones (excluding diaryl/α,β-unsaturated/α-hetero) is 1. The lowest BCUT2D eigenvalue weighted by atomic mass is 9.97. The molecule has 0 spiro atoms. The standard InChI is InChI=1S/C17H23NO2/c19-17(15-8-4-5-9-15)16-13-18(10-11-20-16)12-14-6-2-1-3-7-14/h1-3,6-7,15-16H,4-5,8-13H2. The summed E-state index contributed by atoms with van der Waals surface area (Å²) in [6, 6.07) is 10.5. The highest BCUT2D eigenvalue weighted by molar-refractivity contribution is 5.86. The molecular weight excluding hydrogens is 250 g/mol. The predicted octanol–water partition coefficient (Wildman–Crippen LogP) is 2.65. The molecule has 1 heterocycles. The van der Waals surface area contributed by atoms with Gasteiger partial charge in [0.05, 0.1) is 6.61 Å². The molecule has 108 valence electrons. The first-order valence-electron chi connectivity index (χ1n) is 7.74. The van der Waals surface area contributed by atoms with Crippen molar-refractivity contribution in [1.82, 2.24) is 4.90 Å². The van der Waals surface area contributed by atoms with Crippen LogP contribution in [0, 0.1) is 5.92 Å². The van der Waals surface area contributed by atoms with E-state index in [4.69, 9.17) is 4.74 Å². The Morgan fingerprint density at radius 1 is 1.20 bits per heavy atom. The maximum atomic E-state index is 12.4. The topological polar surface area (TPSA) is 29.5 Å². The summed E-state index contributed by atoms with van der Waals surface area (Å²) in [5, 5.41) is 0. The van der Waals surface area contributed by atoms with Crippen molar-refractivity contribution >= 4 is 5.78 Å². The summed E-state index contributed by atoms with van der Waals surface area (Å²) >= 11 is 0. The molecule has 3 rings (SSSR count). The van der Waals surface area contributed by atoms with Gasteiger partial charge in [-0.15, -0.1) is 0 Å². The highest BCUT2D eigenvalue weighted by atomic mass is 16.5. The van der Waals surface area contributed by atoms with Crippen LogP contribution in [-0.2, 0) is 16.1 Å². The lowest BCUT2D eigenvalue weighted by Gasteiger charge is -2.33. The maximum Gasteiger partial charge on any atom is 0.165 e. The van der Waals surface area contributed by atoms with Crippen LogP contribution >= 0.6 is 0 Å². The fraction of sp³-hybridized carbons (Fsp3) is 0.588. The summed E-state index contributed by atoms with van der Waals surface area (Å²) < 4.78 is 5.73. The Hall–Kier alpha value is -1.19. The molecule has 1 atom stereocenters. The summed E-state index contributed by atoms with van der Waals surface area (Å²) in [5.41, 5.74) is 1.31. The van der Waals surface area contributed by atoms with Crippen molar-refractivity contribution in [3.05, 3.63) is 35.9 Å². The molecule has 1 aliphatic carbocycles. The van der Waals surface area contributed by atoms with Gasteiger partial charge < -0.3 is 4.74 Å². The average Bonchev–Trinajstić information content (AvgIpc) is 3.02. The summed E-state index contributed by atoms with van der Waals surface area (Å²) in [5.74, 6) is 0.608. The van der Waals surface area contributed by atoms with Crippen LogP contribution in [0.3, 0.4) is 0 Å². The zero-order valence-electron chi connectivity index (χ0n) is 12.0. The molecule has 1 saturated carbocycles. The second-order valence-electron chi connectivity index (χ2n) is 5.96. The van der Waals surface area contributed by atoms with Crippen LogP contribution in [0.2, 0.25) is 0 Å². The number of nitrogens with zero attached hydrogens (tertiary/aromatic N) is 1. The van der Waals surface area contributed by atoms with Gasteiger partial charge in [-0.2, -0.15) is 0 Å². The molecule has 0 radical (unpaired) electrons. The van der Waals surface area contributed by atoms with Gasteiger partial charge >= 0.3 is 0 Å². The highest BCUT2D eigenvalue weighted by Gasteiger charge is 2.33.